The number of piperidine rings is 1. The standard InChI is InChI=1S/C20H18O8.C6H9NO/c1-11-3-7-13(8-4-11)19(25)27-15(17(21)22)16(18(23)24)28-20(26)14-9-5-12(2)6-10-14;8-6-4-7-2-1-5(6)3-7/h3-10,15-16H,1-2H3,(H,21,22)(H,23,24);5H,1-4H2/t15-,16-;5-/m00/s1. The van der Waals surface area contributed by atoms with Crippen LogP contribution < -0.4 is 0 Å². The van der Waals surface area contributed by atoms with E-state index < -0.39 is 36.1 Å². The third-order valence-electron chi connectivity index (χ3n) is 5.91. The van der Waals surface area contributed by atoms with Crippen molar-refractivity contribution in [1.29, 1.82) is 0 Å². The van der Waals surface area contributed by atoms with Gasteiger partial charge in [0.2, 0.25) is 12.2 Å². The predicted molar refractivity (Wildman–Crippen MR) is 126 cm³/mol. The Hall–Kier alpha value is -4.05. The average Bonchev–Trinajstić information content (AvgIpc) is 3.44. The molecule has 0 spiro atoms. The van der Waals surface area contributed by atoms with Crippen LogP contribution in [0, 0.1) is 19.8 Å². The van der Waals surface area contributed by atoms with Gasteiger partial charge < -0.3 is 19.7 Å². The highest BCUT2D eigenvalue weighted by Gasteiger charge is 2.41. The van der Waals surface area contributed by atoms with E-state index in [1.807, 2.05) is 0 Å². The van der Waals surface area contributed by atoms with Crippen molar-refractivity contribution in [2.24, 2.45) is 5.92 Å². The molecule has 0 radical (unpaired) electrons. The van der Waals surface area contributed by atoms with Gasteiger partial charge in [-0.05, 0) is 51.1 Å². The van der Waals surface area contributed by atoms with Crippen LogP contribution in [-0.2, 0) is 23.9 Å². The molecule has 2 aliphatic rings. The van der Waals surface area contributed by atoms with Crippen molar-refractivity contribution < 1.29 is 43.7 Å². The number of aliphatic carboxylic acids is 2. The van der Waals surface area contributed by atoms with Gasteiger partial charge in [-0.2, -0.15) is 0 Å². The van der Waals surface area contributed by atoms with E-state index in [9.17, 15) is 34.2 Å². The number of Topliss-reactive ketones (excluding diaryl/α,β-unsaturated/α-hetero) is 1. The molecule has 0 saturated carbocycles. The number of hydrogen-bond acceptors (Lipinski definition) is 8. The quantitative estimate of drug-likeness (QED) is 0.545. The van der Waals surface area contributed by atoms with Crippen molar-refractivity contribution in [3.63, 3.8) is 0 Å². The van der Waals surface area contributed by atoms with E-state index in [-0.39, 0.29) is 11.1 Å². The zero-order valence-electron chi connectivity index (χ0n) is 19.9. The fraction of sp³-hybridized carbons (Fsp3) is 0.346. The fourth-order valence-corrected chi connectivity index (χ4v) is 3.82. The summed E-state index contributed by atoms with van der Waals surface area (Å²) in [5.74, 6) is -4.73. The summed E-state index contributed by atoms with van der Waals surface area (Å²) in [6, 6.07) is 12.1. The number of ketones is 1. The number of benzene rings is 2. The smallest absolute Gasteiger partial charge is 0.349 e. The minimum absolute atomic E-state index is 0.0332. The molecular weight excluding hydrogens is 470 g/mol. The number of hydrogen-bond donors (Lipinski definition) is 2. The van der Waals surface area contributed by atoms with Crippen LogP contribution in [0.3, 0.4) is 0 Å². The second-order valence-corrected chi connectivity index (χ2v) is 8.75. The maximum absolute atomic E-state index is 12.2. The number of rotatable bonds is 7. The van der Waals surface area contributed by atoms with Crippen LogP contribution in [0.25, 0.3) is 0 Å². The molecule has 36 heavy (non-hydrogen) atoms. The molecule has 2 bridgehead atoms. The lowest BCUT2D eigenvalue weighted by atomic mass is 10.1. The molecular formula is C26H27NO9. The number of carboxylic acids is 2. The Balaban J connectivity index is 0.000000375. The van der Waals surface area contributed by atoms with Gasteiger partial charge in [0.1, 0.15) is 0 Å². The Morgan fingerprint density at radius 3 is 1.47 bits per heavy atom. The highest BCUT2D eigenvalue weighted by atomic mass is 16.6. The summed E-state index contributed by atoms with van der Waals surface area (Å²) in [6.45, 7) is 6.54. The number of esters is 2. The van der Waals surface area contributed by atoms with Crippen LogP contribution in [0.2, 0.25) is 0 Å². The van der Waals surface area contributed by atoms with Gasteiger partial charge in [0, 0.05) is 12.5 Å². The molecule has 2 aromatic carbocycles. The van der Waals surface area contributed by atoms with E-state index in [0.29, 0.717) is 11.7 Å². The number of aryl methyl sites for hydroxylation is 2. The summed E-state index contributed by atoms with van der Waals surface area (Å²) in [7, 11) is 0. The molecule has 0 aliphatic carbocycles. The van der Waals surface area contributed by atoms with Gasteiger partial charge in [-0.1, -0.05) is 35.4 Å². The summed E-state index contributed by atoms with van der Waals surface area (Å²) in [4.78, 5) is 60.4. The zero-order chi connectivity index (χ0) is 26.4. The number of carboxylic acid groups (broad SMARTS) is 2. The van der Waals surface area contributed by atoms with Crippen molar-refractivity contribution in [2.45, 2.75) is 32.5 Å². The SMILES string of the molecule is Cc1ccc(C(=O)O[C@H](C(=O)O)[C@H](OC(=O)c2ccc(C)cc2)C(=O)O)cc1.O=C1CN2CC[C@H]1C2. The Labute approximate surface area is 207 Å². The number of carbonyl (C=O) groups excluding carboxylic acids is 3. The molecule has 1 unspecified atom stereocenters. The molecule has 2 saturated heterocycles. The van der Waals surface area contributed by atoms with Gasteiger partial charge >= 0.3 is 23.9 Å². The normalized spacial score (nSPS) is 19.4. The van der Waals surface area contributed by atoms with Crippen LogP contribution in [0.5, 0.6) is 0 Å². The zero-order valence-corrected chi connectivity index (χ0v) is 19.9. The van der Waals surface area contributed by atoms with Gasteiger partial charge in [-0.15, -0.1) is 0 Å². The minimum atomic E-state index is -2.22. The van der Waals surface area contributed by atoms with E-state index >= 15 is 0 Å². The van der Waals surface area contributed by atoms with Crippen LogP contribution in [0.4, 0.5) is 0 Å². The number of nitrogens with zero attached hydrogens (tertiary/aromatic N) is 1. The summed E-state index contributed by atoms with van der Waals surface area (Å²) < 4.78 is 9.64. The average molecular weight is 498 g/mol. The van der Waals surface area contributed by atoms with Crippen LogP contribution in [0.15, 0.2) is 48.5 Å². The van der Waals surface area contributed by atoms with Crippen LogP contribution in [-0.4, -0.2) is 76.6 Å². The van der Waals surface area contributed by atoms with Crippen molar-refractivity contribution in [2.75, 3.05) is 19.6 Å². The van der Waals surface area contributed by atoms with E-state index in [0.717, 1.165) is 37.2 Å². The molecule has 2 fully saturated rings. The van der Waals surface area contributed by atoms with Gasteiger partial charge in [-0.3, -0.25) is 9.69 Å². The lowest BCUT2D eigenvalue weighted by Crippen LogP contribution is -2.45. The Kier molecular flexibility index (Phi) is 8.55. The number of fused-ring (bicyclic) bond motifs is 2. The van der Waals surface area contributed by atoms with Gasteiger partial charge in [0.05, 0.1) is 17.7 Å². The molecule has 0 amide bonds. The Bertz CT molecular complexity index is 1070. The largest absolute Gasteiger partial charge is 0.478 e. The first kappa shape index (κ1) is 26.6. The van der Waals surface area contributed by atoms with Crippen LogP contribution in [0.1, 0.15) is 38.3 Å². The molecule has 10 nitrogen and oxygen atoms in total. The van der Waals surface area contributed by atoms with Crippen molar-refractivity contribution in [1.82, 2.24) is 4.90 Å². The predicted octanol–water partition coefficient (Wildman–Crippen LogP) is 2.11. The number of ether oxygens (including phenoxy) is 2. The summed E-state index contributed by atoms with van der Waals surface area (Å²) in [5.41, 5.74) is 1.79. The van der Waals surface area contributed by atoms with Gasteiger partial charge in [-0.25, -0.2) is 19.2 Å². The van der Waals surface area contributed by atoms with Crippen molar-refractivity contribution in [3.8, 4) is 0 Å². The van der Waals surface area contributed by atoms with E-state index in [2.05, 4.69) is 4.90 Å². The topological polar surface area (TPSA) is 148 Å². The highest BCUT2D eigenvalue weighted by Crippen LogP contribution is 2.23. The first-order valence-corrected chi connectivity index (χ1v) is 11.3. The lowest BCUT2D eigenvalue weighted by Gasteiger charge is -2.21. The summed E-state index contributed by atoms with van der Waals surface area (Å²) >= 11 is 0. The molecule has 4 rings (SSSR count). The first-order valence-electron chi connectivity index (χ1n) is 11.3. The maximum Gasteiger partial charge on any atom is 0.349 e. The van der Waals surface area contributed by atoms with Gasteiger partial charge in [0.15, 0.2) is 5.78 Å². The van der Waals surface area contributed by atoms with E-state index in [1.54, 1.807) is 38.1 Å². The maximum atomic E-state index is 12.2. The molecule has 4 atom stereocenters. The van der Waals surface area contributed by atoms with Crippen molar-refractivity contribution in [3.05, 3.63) is 70.8 Å². The number of carbonyl (C=O) groups is 5. The Morgan fingerprint density at radius 2 is 1.22 bits per heavy atom. The Morgan fingerprint density at radius 1 is 0.806 bits per heavy atom. The second kappa shape index (κ2) is 11.6. The minimum Gasteiger partial charge on any atom is -0.478 e. The summed E-state index contributed by atoms with van der Waals surface area (Å²) in [5, 5.41) is 18.6. The van der Waals surface area contributed by atoms with E-state index in [1.165, 1.54) is 24.3 Å². The fourth-order valence-electron chi connectivity index (χ4n) is 3.82. The second-order valence-electron chi connectivity index (χ2n) is 8.75. The third kappa shape index (κ3) is 6.76. The molecule has 10 heteroatoms. The highest BCUT2D eigenvalue weighted by molar-refractivity contribution is 5.95. The third-order valence-corrected chi connectivity index (χ3v) is 5.91. The molecule has 190 valence electrons. The lowest BCUT2D eigenvalue weighted by molar-refractivity contribution is -0.166. The molecule has 0 aromatic heterocycles. The molecule has 2 aromatic rings. The van der Waals surface area contributed by atoms with Crippen molar-refractivity contribution >= 4 is 29.7 Å². The van der Waals surface area contributed by atoms with Gasteiger partial charge in [0.25, 0.3) is 0 Å². The molecule has 2 N–H and O–H groups in total. The van der Waals surface area contributed by atoms with E-state index in [4.69, 9.17) is 9.47 Å². The summed E-state index contributed by atoms with van der Waals surface area (Å²) in [6.07, 6.45) is -3.32. The first-order chi connectivity index (χ1) is 17.0. The monoisotopic (exact) mass is 497 g/mol. The molecule has 2 heterocycles. The van der Waals surface area contributed by atoms with Crippen LogP contribution >= 0.6 is 0 Å². The molecule has 2 aliphatic heterocycles.